The van der Waals surface area contributed by atoms with Crippen molar-refractivity contribution in [3.05, 3.63) is 132 Å². The van der Waals surface area contributed by atoms with E-state index < -0.39 is 24.1 Å². The number of H-pyrrole nitrogens is 2. The molecule has 0 bridgehead atoms. The Balaban J connectivity index is 0.975. The van der Waals surface area contributed by atoms with Crippen LogP contribution in [-0.4, -0.2) is 66.6 Å². The summed E-state index contributed by atoms with van der Waals surface area (Å²) in [6, 6.07) is 28.9. The third-order valence-electron chi connectivity index (χ3n) is 9.32. The summed E-state index contributed by atoms with van der Waals surface area (Å²) in [7, 11) is 1.25. The first kappa shape index (κ1) is 34.8. The largest absolute Gasteiger partial charge is 0.453 e. The minimum Gasteiger partial charge on any atom is -0.453 e. The van der Waals surface area contributed by atoms with Crippen LogP contribution < -0.4 is 10.6 Å². The molecule has 0 spiro atoms. The van der Waals surface area contributed by atoms with E-state index in [0.29, 0.717) is 35.7 Å². The minimum absolute atomic E-state index is 0.0963. The van der Waals surface area contributed by atoms with Gasteiger partial charge >= 0.3 is 6.09 Å². The number of nitrogens with zero attached hydrogens (tertiary/aromatic N) is 5. The van der Waals surface area contributed by atoms with Crippen LogP contribution in [0.1, 0.15) is 60.7 Å². The van der Waals surface area contributed by atoms with Crippen molar-refractivity contribution in [2.24, 2.45) is 0 Å². The predicted octanol–water partition coefficient (Wildman–Crippen LogP) is 6.10. The molecule has 3 atom stereocenters. The molecule has 1 aliphatic heterocycles. The summed E-state index contributed by atoms with van der Waals surface area (Å²) in [5.74, 6) is 1.01. The van der Waals surface area contributed by atoms with Gasteiger partial charge < -0.3 is 30.2 Å². The summed E-state index contributed by atoms with van der Waals surface area (Å²) in [5.41, 5.74) is 6.31. The van der Waals surface area contributed by atoms with Gasteiger partial charge in [0, 0.05) is 12.1 Å². The summed E-state index contributed by atoms with van der Waals surface area (Å²) in [5, 5.41) is 14.5. The Morgan fingerprint density at radius 3 is 2.21 bits per heavy atom. The molecule has 3 amide bonds. The van der Waals surface area contributed by atoms with Gasteiger partial charge in [0.15, 0.2) is 0 Å². The van der Waals surface area contributed by atoms with Crippen LogP contribution in [-0.2, 0) is 20.7 Å². The van der Waals surface area contributed by atoms with E-state index in [0.717, 1.165) is 46.7 Å². The van der Waals surface area contributed by atoms with Crippen molar-refractivity contribution in [3.8, 4) is 33.9 Å². The van der Waals surface area contributed by atoms with Crippen LogP contribution >= 0.6 is 0 Å². The van der Waals surface area contributed by atoms with Crippen LogP contribution in [0.4, 0.5) is 4.79 Å². The van der Waals surface area contributed by atoms with E-state index in [1.165, 1.54) is 7.11 Å². The van der Waals surface area contributed by atoms with Gasteiger partial charge in [-0.25, -0.2) is 14.8 Å². The molecule has 3 aromatic heterocycles. The fourth-order valence-corrected chi connectivity index (χ4v) is 6.50. The highest BCUT2D eigenvalue weighted by atomic mass is 16.5. The van der Waals surface area contributed by atoms with Crippen LogP contribution in [0.5, 0.6) is 0 Å². The normalized spacial score (nSPS) is 15.1. The molecule has 0 aliphatic carbocycles. The molecule has 4 heterocycles. The summed E-state index contributed by atoms with van der Waals surface area (Å²) >= 11 is 0. The highest BCUT2D eigenvalue weighted by Crippen LogP contribution is 2.32. The lowest BCUT2D eigenvalue weighted by Crippen LogP contribution is -2.41. The monoisotopic (exact) mass is 709 g/mol. The molecule has 13 nitrogen and oxygen atoms in total. The Morgan fingerprint density at radius 2 is 1.49 bits per heavy atom. The molecule has 1 fully saturated rings. The number of hydrogen-bond donors (Lipinski definition) is 4. The maximum absolute atomic E-state index is 13.2. The molecular formula is C40H39N9O4. The minimum atomic E-state index is -0.938. The molecule has 0 saturated carbocycles. The Hall–Kier alpha value is -6.63. The number of benzene rings is 3. The van der Waals surface area contributed by atoms with E-state index in [9.17, 15) is 14.4 Å². The zero-order chi connectivity index (χ0) is 36.7. The van der Waals surface area contributed by atoms with Crippen LogP contribution in [0, 0.1) is 0 Å². The predicted molar refractivity (Wildman–Crippen MR) is 198 cm³/mol. The number of nitrogens with one attached hydrogen (secondary N) is 4. The van der Waals surface area contributed by atoms with Gasteiger partial charge in [0.05, 0.1) is 55.1 Å². The van der Waals surface area contributed by atoms with Gasteiger partial charge in [-0.3, -0.25) is 9.59 Å². The second-order valence-electron chi connectivity index (χ2n) is 12.9. The number of hydrogen-bond acceptors (Lipinski definition) is 8. The number of likely N-dealkylation sites (tertiary alicyclic amines) is 1. The van der Waals surface area contributed by atoms with Gasteiger partial charge in [-0.15, -0.1) is 10.2 Å². The number of rotatable bonds is 11. The number of carbonyl (C=O) groups is 3. The first-order chi connectivity index (χ1) is 25.9. The molecule has 3 aromatic carbocycles. The van der Waals surface area contributed by atoms with E-state index in [2.05, 4.69) is 40.8 Å². The van der Waals surface area contributed by atoms with Crippen LogP contribution in [0.15, 0.2) is 109 Å². The average Bonchev–Trinajstić information content (AvgIpc) is 4.00. The lowest BCUT2D eigenvalue weighted by Gasteiger charge is -2.23. The molecule has 53 heavy (non-hydrogen) atoms. The lowest BCUT2D eigenvalue weighted by atomic mass is 10.1. The second-order valence-corrected chi connectivity index (χ2v) is 12.9. The number of aromatic amines is 2. The number of imidazole rings is 2. The highest BCUT2D eigenvalue weighted by Gasteiger charge is 2.32. The van der Waals surface area contributed by atoms with Gasteiger partial charge in [0.25, 0.3) is 0 Å². The topological polar surface area (TPSA) is 171 Å². The second kappa shape index (κ2) is 15.7. The van der Waals surface area contributed by atoms with Crippen molar-refractivity contribution in [2.75, 3.05) is 13.7 Å². The first-order valence-electron chi connectivity index (χ1n) is 17.4. The van der Waals surface area contributed by atoms with Gasteiger partial charge in [0.2, 0.25) is 11.8 Å². The average molecular weight is 710 g/mol. The van der Waals surface area contributed by atoms with Crippen molar-refractivity contribution < 1.29 is 19.1 Å². The third kappa shape index (κ3) is 7.99. The van der Waals surface area contributed by atoms with Gasteiger partial charge in [0.1, 0.15) is 23.4 Å². The SMILES string of the molecule is COC(=O)N[C@@H](C(=O)N[C@@H](C)c1ncc(-c2ccc(-c3ccc(-c4cnc([C@@H]5CCCN5C(=O)Cc5ccccc5)[nH]4)nn3)cc2)[nH]1)c1ccccc1. The fourth-order valence-electron chi connectivity index (χ4n) is 6.50. The zero-order valence-electron chi connectivity index (χ0n) is 29.3. The van der Waals surface area contributed by atoms with E-state index in [4.69, 9.17) is 4.74 Å². The first-order valence-corrected chi connectivity index (χ1v) is 17.4. The molecule has 7 rings (SSSR count). The van der Waals surface area contributed by atoms with Crippen molar-refractivity contribution >= 4 is 17.9 Å². The molecule has 0 unspecified atom stereocenters. The molecule has 1 saturated heterocycles. The van der Waals surface area contributed by atoms with E-state index in [1.54, 1.807) is 36.7 Å². The van der Waals surface area contributed by atoms with Gasteiger partial charge in [-0.2, -0.15) is 0 Å². The Labute approximate surface area is 306 Å². The van der Waals surface area contributed by atoms with E-state index in [1.807, 2.05) is 84.6 Å². The maximum atomic E-state index is 13.2. The standard InChI is InChI=1S/C40H39N9O4/c1-25(43-39(51)36(46-40(52)53-2)29-12-7-4-8-13-29)37-41-23-32(44-37)28-17-15-27(16-18-28)30-19-20-31(48-47-30)33-24-42-38(45-33)34-14-9-21-49(34)35(50)22-26-10-5-3-6-11-26/h3-8,10-13,15-20,23-25,34,36H,9,14,21-22H2,1-2H3,(H,41,44)(H,42,45)(H,43,51)(H,46,52)/t25-,34-,36+/m0/s1. The Kier molecular flexibility index (Phi) is 10.3. The Bertz CT molecular complexity index is 2170. The van der Waals surface area contributed by atoms with Crippen molar-refractivity contribution in [1.29, 1.82) is 0 Å². The molecular weight excluding hydrogens is 670 g/mol. The summed E-state index contributed by atoms with van der Waals surface area (Å²) in [6.45, 7) is 2.53. The smallest absolute Gasteiger partial charge is 0.407 e. The number of methoxy groups -OCH3 is 1. The number of ether oxygens (including phenoxy) is 1. The maximum Gasteiger partial charge on any atom is 0.407 e. The molecule has 268 valence electrons. The molecule has 13 heteroatoms. The fraction of sp³-hybridized carbons (Fsp3) is 0.225. The van der Waals surface area contributed by atoms with Crippen LogP contribution in [0.2, 0.25) is 0 Å². The molecule has 6 aromatic rings. The summed E-state index contributed by atoms with van der Waals surface area (Å²) in [4.78, 5) is 56.0. The van der Waals surface area contributed by atoms with Gasteiger partial charge in [-0.05, 0) is 48.6 Å². The highest BCUT2D eigenvalue weighted by molar-refractivity contribution is 5.87. The number of alkyl carbamates (subject to hydrolysis) is 1. The number of amides is 3. The van der Waals surface area contributed by atoms with Crippen molar-refractivity contribution in [2.45, 2.75) is 44.3 Å². The van der Waals surface area contributed by atoms with Gasteiger partial charge in [-0.1, -0.05) is 84.9 Å². The van der Waals surface area contributed by atoms with Crippen molar-refractivity contribution in [1.82, 2.24) is 45.7 Å². The van der Waals surface area contributed by atoms with Crippen LogP contribution in [0.3, 0.4) is 0 Å². The molecule has 4 N–H and O–H groups in total. The number of carbonyl (C=O) groups excluding carboxylic acids is 3. The Morgan fingerprint density at radius 1 is 0.811 bits per heavy atom. The zero-order valence-corrected chi connectivity index (χ0v) is 29.3. The lowest BCUT2D eigenvalue weighted by molar-refractivity contribution is -0.131. The molecule has 0 radical (unpaired) electrons. The molecule has 1 aliphatic rings. The summed E-state index contributed by atoms with van der Waals surface area (Å²) in [6.07, 6.45) is 4.91. The van der Waals surface area contributed by atoms with Crippen LogP contribution in [0.25, 0.3) is 33.9 Å². The number of aromatic nitrogens is 6. The van der Waals surface area contributed by atoms with Crippen molar-refractivity contribution in [3.63, 3.8) is 0 Å². The van der Waals surface area contributed by atoms with E-state index >= 15 is 0 Å². The van der Waals surface area contributed by atoms with E-state index in [-0.39, 0.29) is 11.9 Å². The quantitative estimate of drug-likeness (QED) is 0.125. The summed E-state index contributed by atoms with van der Waals surface area (Å²) < 4.78 is 4.72. The third-order valence-corrected chi connectivity index (χ3v) is 9.32.